The largest absolute Gasteiger partial charge is 0.377 e. The molecule has 2 unspecified atom stereocenters. The summed E-state index contributed by atoms with van der Waals surface area (Å²) in [5.41, 5.74) is 1.44. The van der Waals surface area contributed by atoms with Gasteiger partial charge in [-0.15, -0.1) is 0 Å². The lowest BCUT2D eigenvalue weighted by atomic mass is 10.0. The van der Waals surface area contributed by atoms with Gasteiger partial charge in [0, 0.05) is 33.3 Å². The molecule has 2 aliphatic heterocycles. The number of benzene rings is 2. The van der Waals surface area contributed by atoms with E-state index in [0.717, 1.165) is 44.7 Å². The number of piperazine rings is 1. The van der Waals surface area contributed by atoms with Gasteiger partial charge in [0.05, 0.1) is 21.9 Å². The fraction of sp³-hybridized carbons (Fsp3) is 0.478. The molecule has 0 bridgehead atoms. The summed E-state index contributed by atoms with van der Waals surface area (Å²) in [7, 11) is -1.68. The first-order chi connectivity index (χ1) is 14.5. The van der Waals surface area contributed by atoms with E-state index >= 15 is 0 Å². The van der Waals surface area contributed by atoms with E-state index in [2.05, 4.69) is 9.80 Å². The zero-order valence-electron chi connectivity index (χ0n) is 17.3. The van der Waals surface area contributed by atoms with E-state index < -0.39 is 15.1 Å². The van der Waals surface area contributed by atoms with Crippen LogP contribution in [0.15, 0.2) is 53.4 Å². The molecule has 0 spiro atoms. The number of halogens is 1. The monoisotopic (exact) mass is 432 g/mol. The standard InChI is InChI=1S/C23H29FN2O3S/c1-29-22-17-18(30(27,28)23-11-5-2-8-19(22)23)7-6-12-25-13-15-26(16-14-25)21-10-4-3-9-20(21)24/h2-5,8-11,18,22H,6-7,12-17H2,1H3. The number of sulfone groups is 1. The van der Waals surface area contributed by atoms with Crippen molar-refractivity contribution in [2.75, 3.05) is 44.7 Å². The van der Waals surface area contributed by atoms with Gasteiger partial charge in [-0.3, -0.25) is 4.90 Å². The molecule has 7 heteroatoms. The molecule has 30 heavy (non-hydrogen) atoms. The number of methoxy groups -OCH3 is 1. The molecule has 0 radical (unpaired) electrons. The lowest BCUT2D eigenvalue weighted by Gasteiger charge is -2.36. The first-order valence-electron chi connectivity index (χ1n) is 10.6. The molecule has 0 N–H and O–H groups in total. The van der Waals surface area contributed by atoms with Gasteiger partial charge in [0.2, 0.25) is 0 Å². The number of hydrogen-bond acceptors (Lipinski definition) is 5. The Hall–Kier alpha value is -1.96. The second-order valence-electron chi connectivity index (χ2n) is 8.09. The maximum Gasteiger partial charge on any atom is 0.181 e. The summed E-state index contributed by atoms with van der Waals surface area (Å²) < 4.78 is 45.7. The summed E-state index contributed by atoms with van der Waals surface area (Å²) in [6, 6.07) is 14.1. The highest BCUT2D eigenvalue weighted by Gasteiger charge is 2.38. The molecule has 1 saturated heterocycles. The summed E-state index contributed by atoms with van der Waals surface area (Å²) in [6.07, 6.45) is 1.79. The van der Waals surface area contributed by atoms with Crippen LogP contribution in [-0.2, 0) is 14.6 Å². The van der Waals surface area contributed by atoms with E-state index in [1.165, 1.54) is 6.07 Å². The molecule has 0 aliphatic carbocycles. The van der Waals surface area contributed by atoms with Crippen molar-refractivity contribution in [1.82, 2.24) is 4.90 Å². The Morgan fingerprint density at radius 2 is 1.73 bits per heavy atom. The highest BCUT2D eigenvalue weighted by atomic mass is 32.2. The van der Waals surface area contributed by atoms with Crippen molar-refractivity contribution < 1.29 is 17.5 Å². The van der Waals surface area contributed by atoms with Gasteiger partial charge < -0.3 is 9.64 Å². The Morgan fingerprint density at radius 1 is 1.03 bits per heavy atom. The Kier molecular flexibility index (Phi) is 6.41. The van der Waals surface area contributed by atoms with E-state index in [0.29, 0.717) is 23.4 Å². The van der Waals surface area contributed by atoms with Crippen LogP contribution in [0.25, 0.3) is 0 Å². The van der Waals surface area contributed by atoms with Gasteiger partial charge in [-0.2, -0.15) is 0 Å². The molecule has 0 amide bonds. The predicted octanol–water partition coefficient (Wildman–Crippen LogP) is 3.66. The van der Waals surface area contributed by atoms with Gasteiger partial charge in [-0.1, -0.05) is 30.3 Å². The molecular formula is C23H29FN2O3S. The lowest BCUT2D eigenvalue weighted by Crippen LogP contribution is -2.47. The summed E-state index contributed by atoms with van der Waals surface area (Å²) >= 11 is 0. The number of hydrogen-bond donors (Lipinski definition) is 0. The van der Waals surface area contributed by atoms with Crippen LogP contribution in [0.5, 0.6) is 0 Å². The molecule has 2 aromatic carbocycles. The topological polar surface area (TPSA) is 49.9 Å². The van der Waals surface area contributed by atoms with E-state index in [-0.39, 0.29) is 11.9 Å². The summed E-state index contributed by atoms with van der Waals surface area (Å²) in [5.74, 6) is -0.179. The maximum atomic E-state index is 14.0. The average Bonchev–Trinajstić information content (AvgIpc) is 2.76. The van der Waals surface area contributed by atoms with Crippen LogP contribution in [0.2, 0.25) is 0 Å². The third-order valence-electron chi connectivity index (χ3n) is 6.34. The Balaban J connectivity index is 1.31. The quantitative estimate of drug-likeness (QED) is 0.697. The Bertz CT molecular complexity index is 974. The second kappa shape index (κ2) is 9.04. The molecule has 2 aliphatic rings. The molecule has 1 fully saturated rings. The smallest absolute Gasteiger partial charge is 0.181 e. The number of ether oxygens (including phenoxy) is 1. The first kappa shape index (κ1) is 21.3. The minimum absolute atomic E-state index is 0.168. The molecule has 4 rings (SSSR count). The molecule has 2 atom stereocenters. The van der Waals surface area contributed by atoms with Gasteiger partial charge in [0.25, 0.3) is 0 Å². The fourth-order valence-corrected chi connectivity index (χ4v) is 6.70. The SMILES string of the molecule is COC1CC(CCCN2CCN(c3ccccc3F)CC2)S(=O)(=O)c2ccccc21. The third kappa shape index (κ3) is 4.24. The van der Waals surface area contributed by atoms with Gasteiger partial charge >= 0.3 is 0 Å². The molecular weight excluding hydrogens is 403 g/mol. The number of rotatable bonds is 6. The van der Waals surface area contributed by atoms with Crippen LogP contribution in [0.3, 0.4) is 0 Å². The van der Waals surface area contributed by atoms with Crippen LogP contribution in [0.1, 0.15) is 30.9 Å². The maximum absolute atomic E-state index is 14.0. The molecule has 5 nitrogen and oxygen atoms in total. The molecule has 162 valence electrons. The van der Waals surface area contributed by atoms with E-state index in [4.69, 9.17) is 4.74 Å². The first-order valence-corrected chi connectivity index (χ1v) is 12.1. The van der Waals surface area contributed by atoms with Crippen LogP contribution in [0.4, 0.5) is 10.1 Å². The van der Waals surface area contributed by atoms with Crippen LogP contribution >= 0.6 is 0 Å². The summed E-state index contributed by atoms with van der Waals surface area (Å²) in [5, 5.41) is -0.406. The summed E-state index contributed by atoms with van der Waals surface area (Å²) in [6.45, 7) is 4.13. The molecule has 2 heterocycles. The Labute approximate surface area is 178 Å². The number of fused-ring (bicyclic) bond motifs is 1. The Morgan fingerprint density at radius 3 is 2.47 bits per heavy atom. The van der Waals surface area contributed by atoms with Gasteiger partial charge in [0.15, 0.2) is 9.84 Å². The number of para-hydroxylation sites is 1. The van der Waals surface area contributed by atoms with Crippen LogP contribution in [-0.4, -0.2) is 58.4 Å². The minimum atomic E-state index is -3.33. The predicted molar refractivity (Wildman–Crippen MR) is 116 cm³/mol. The van der Waals surface area contributed by atoms with E-state index in [1.807, 2.05) is 24.3 Å². The van der Waals surface area contributed by atoms with Crippen molar-refractivity contribution in [3.63, 3.8) is 0 Å². The zero-order chi connectivity index (χ0) is 21.1. The fourth-order valence-electron chi connectivity index (χ4n) is 4.64. The van der Waals surface area contributed by atoms with E-state index in [1.54, 1.807) is 25.3 Å². The van der Waals surface area contributed by atoms with Crippen molar-refractivity contribution >= 4 is 15.5 Å². The highest BCUT2D eigenvalue weighted by molar-refractivity contribution is 7.92. The van der Waals surface area contributed by atoms with Crippen molar-refractivity contribution in [2.24, 2.45) is 0 Å². The zero-order valence-corrected chi connectivity index (χ0v) is 18.2. The second-order valence-corrected chi connectivity index (χ2v) is 10.3. The molecule has 2 aromatic rings. The lowest BCUT2D eigenvalue weighted by molar-refractivity contribution is 0.0885. The van der Waals surface area contributed by atoms with Crippen molar-refractivity contribution in [3.8, 4) is 0 Å². The molecule has 0 saturated carbocycles. The van der Waals surface area contributed by atoms with Crippen LogP contribution < -0.4 is 4.90 Å². The van der Waals surface area contributed by atoms with Crippen molar-refractivity contribution in [1.29, 1.82) is 0 Å². The van der Waals surface area contributed by atoms with Gasteiger partial charge in [-0.05, 0) is 49.6 Å². The van der Waals surface area contributed by atoms with E-state index in [9.17, 15) is 12.8 Å². The van der Waals surface area contributed by atoms with Crippen molar-refractivity contribution in [2.45, 2.75) is 35.5 Å². The number of anilines is 1. The highest BCUT2D eigenvalue weighted by Crippen LogP contribution is 2.39. The van der Waals surface area contributed by atoms with Crippen molar-refractivity contribution in [3.05, 3.63) is 59.9 Å². The minimum Gasteiger partial charge on any atom is -0.377 e. The van der Waals surface area contributed by atoms with Crippen LogP contribution in [0, 0.1) is 5.82 Å². The average molecular weight is 433 g/mol. The normalized spacial score (nSPS) is 23.9. The number of nitrogens with zero attached hydrogens (tertiary/aromatic N) is 2. The summed E-state index contributed by atoms with van der Waals surface area (Å²) in [4.78, 5) is 4.85. The van der Waals surface area contributed by atoms with Gasteiger partial charge in [0.1, 0.15) is 5.82 Å². The van der Waals surface area contributed by atoms with Gasteiger partial charge in [-0.25, -0.2) is 12.8 Å². The molecule has 0 aromatic heterocycles. The third-order valence-corrected chi connectivity index (χ3v) is 8.63.